The Morgan fingerprint density at radius 1 is 0.625 bits per heavy atom. The lowest BCUT2D eigenvalue weighted by Gasteiger charge is -2.47. The van der Waals surface area contributed by atoms with Crippen molar-refractivity contribution in [2.75, 3.05) is 55.7 Å². The van der Waals surface area contributed by atoms with E-state index in [1.807, 2.05) is 9.47 Å². The van der Waals surface area contributed by atoms with E-state index in [1.165, 1.54) is 11.1 Å². The molecular formula is C44H81N3O7Si2+2. The molecule has 2 aromatic heterocycles. The first-order valence-electron chi connectivity index (χ1n) is 20.6. The number of carbonyl (C=O) groups excluding carboxylic acids is 1. The van der Waals surface area contributed by atoms with E-state index >= 15 is 0 Å². The minimum Gasteiger partial charge on any atom is -0.377 e. The summed E-state index contributed by atoms with van der Waals surface area (Å²) < 4.78 is 38.1. The van der Waals surface area contributed by atoms with Gasteiger partial charge in [0.15, 0.2) is 24.8 Å². The topological polar surface area (TPSA) is 83.5 Å². The first kappa shape index (κ1) is 50.1. The molecule has 0 aromatic carbocycles. The zero-order valence-electron chi connectivity index (χ0n) is 38.5. The van der Waals surface area contributed by atoms with Crippen LogP contribution in [-0.2, 0) is 44.9 Å². The molecule has 0 radical (unpaired) electrons. The Labute approximate surface area is 344 Å². The van der Waals surface area contributed by atoms with Crippen LogP contribution in [-0.4, -0.2) is 84.2 Å². The van der Waals surface area contributed by atoms with Gasteiger partial charge >= 0.3 is 17.6 Å². The van der Waals surface area contributed by atoms with Gasteiger partial charge in [0.2, 0.25) is 6.54 Å². The maximum absolute atomic E-state index is 14.0. The Morgan fingerprint density at radius 2 is 1.02 bits per heavy atom. The molecule has 0 saturated heterocycles. The standard InChI is InChI=1S/C44H81N3O7Si2/c1-35(2)42(5,6)32-39(43(7,8)33-40(44(9,10)36(3)4)38-20-26-45(11)27-21-38)37-22-28-46(29-23-37)34-41(48)47(24-18-30-55(49-12,50-13)51-14)25-19-31-56(52-15,53-16)54-17/h20-23,26-29,35-36,39-40H,18-19,24-25,30-34H2,1-17H3/q+2. The summed E-state index contributed by atoms with van der Waals surface area (Å²) in [6, 6.07) is 10.4. The largest absolute Gasteiger partial charge is 0.500 e. The van der Waals surface area contributed by atoms with E-state index in [4.69, 9.17) is 26.6 Å². The van der Waals surface area contributed by atoms with Crippen LogP contribution >= 0.6 is 0 Å². The van der Waals surface area contributed by atoms with E-state index in [-0.39, 0.29) is 28.7 Å². The van der Waals surface area contributed by atoms with Gasteiger partial charge in [0.25, 0.3) is 5.91 Å². The van der Waals surface area contributed by atoms with Crippen molar-refractivity contribution < 1.29 is 40.5 Å². The second-order valence-corrected chi connectivity index (χ2v) is 24.6. The van der Waals surface area contributed by atoms with Gasteiger partial charge in [-0.3, -0.25) is 4.79 Å². The second-order valence-electron chi connectivity index (χ2n) is 18.4. The molecule has 12 heteroatoms. The zero-order chi connectivity index (χ0) is 42.5. The van der Waals surface area contributed by atoms with E-state index in [9.17, 15) is 4.79 Å². The van der Waals surface area contributed by atoms with E-state index in [1.54, 1.807) is 42.7 Å². The lowest BCUT2D eigenvalue weighted by atomic mass is 9.58. The number of carbonyl (C=O) groups is 1. The average molecular weight is 820 g/mol. The zero-order valence-corrected chi connectivity index (χ0v) is 40.5. The van der Waals surface area contributed by atoms with Crippen molar-refractivity contribution in [3.8, 4) is 0 Å². The highest BCUT2D eigenvalue weighted by atomic mass is 28.4. The molecule has 0 N–H and O–H groups in total. The molecule has 10 nitrogen and oxygen atoms in total. The van der Waals surface area contributed by atoms with Gasteiger partial charge in [-0.15, -0.1) is 0 Å². The quantitative estimate of drug-likeness (QED) is 0.0700. The van der Waals surface area contributed by atoms with Gasteiger partial charge in [0.05, 0.1) is 0 Å². The Kier molecular flexibility index (Phi) is 19.5. The number of pyridine rings is 2. The van der Waals surface area contributed by atoms with Crippen molar-refractivity contribution in [1.29, 1.82) is 0 Å². The van der Waals surface area contributed by atoms with Crippen LogP contribution in [0.1, 0.15) is 118 Å². The highest BCUT2D eigenvalue weighted by Gasteiger charge is 2.43. The Hall–Kier alpha value is -2.04. The molecule has 1 amide bonds. The van der Waals surface area contributed by atoms with Crippen LogP contribution in [0.2, 0.25) is 12.1 Å². The van der Waals surface area contributed by atoms with E-state index in [2.05, 4.69) is 130 Å². The lowest BCUT2D eigenvalue weighted by molar-refractivity contribution is -0.685. The number of nitrogens with zero attached hydrogens (tertiary/aromatic N) is 3. The summed E-state index contributed by atoms with van der Waals surface area (Å²) in [7, 11) is 6.27. The molecule has 0 saturated carbocycles. The fourth-order valence-corrected chi connectivity index (χ4v) is 11.1. The lowest BCUT2D eigenvalue weighted by Crippen LogP contribution is -2.47. The maximum atomic E-state index is 14.0. The van der Waals surface area contributed by atoms with E-state index in [0.717, 1.165) is 12.8 Å². The van der Waals surface area contributed by atoms with Crippen LogP contribution in [0.4, 0.5) is 0 Å². The molecule has 0 spiro atoms. The average Bonchev–Trinajstić information content (AvgIpc) is 3.16. The van der Waals surface area contributed by atoms with E-state index < -0.39 is 17.6 Å². The van der Waals surface area contributed by atoms with Crippen LogP contribution in [0.5, 0.6) is 0 Å². The summed E-state index contributed by atoms with van der Waals surface area (Å²) >= 11 is 0. The molecule has 0 bridgehead atoms. The molecular weight excluding hydrogens is 739 g/mol. The monoisotopic (exact) mass is 820 g/mol. The molecule has 2 atom stereocenters. The highest BCUT2D eigenvalue weighted by Crippen LogP contribution is 2.54. The smallest absolute Gasteiger partial charge is 0.377 e. The molecule has 0 aliphatic rings. The fraction of sp³-hybridized carbons (Fsp3) is 0.750. The number of amides is 1. The van der Waals surface area contributed by atoms with Crippen molar-refractivity contribution in [3.05, 3.63) is 60.2 Å². The number of aryl methyl sites for hydroxylation is 1. The summed E-state index contributed by atoms with van der Waals surface area (Å²) in [6.07, 6.45) is 12.1. The Bertz CT molecular complexity index is 1400. The van der Waals surface area contributed by atoms with Gasteiger partial charge in [-0.2, -0.15) is 4.57 Å². The third-order valence-corrected chi connectivity index (χ3v) is 19.1. The fourth-order valence-electron chi connectivity index (χ4n) is 7.74. The molecule has 0 aliphatic heterocycles. The highest BCUT2D eigenvalue weighted by molar-refractivity contribution is 6.60. The Morgan fingerprint density at radius 3 is 1.41 bits per heavy atom. The number of hydrogen-bond acceptors (Lipinski definition) is 7. The van der Waals surface area contributed by atoms with Gasteiger partial charge in [-0.1, -0.05) is 69.2 Å². The molecule has 0 aliphatic carbocycles. The van der Waals surface area contributed by atoms with E-state index in [0.29, 0.717) is 61.7 Å². The molecule has 2 rings (SSSR count). The van der Waals surface area contributed by atoms with Crippen LogP contribution in [0, 0.1) is 28.1 Å². The third-order valence-electron chi connectivity index (χ3n) is 13.4. The molecule has 2 aromatic rings. The summed E-state index contributed by atoms with van der Waals surface area (Å²) in [5.41, 5.74) is 2.95. The summed E-state index contributed by atoms with van der Waals surface area (Å²) in [4.78, 5) is 16.0. The van der Waals surface area contributed by atoms with Crippen molar-refractivity contribution in [1.82, 2.24) is 4.90 Å². The van der Waals surface area contributed by atoms with Gasteiger partial charge < -0.3 is 31.5 Å². The summed E-state index contributed by atoms with van der Waals surface area (Å²) in [5.74, 6) is 1.80. The minimum atomic E-state index is -2.77. The van der Waals surface area contributed by atoms with Crippen molar-refractivity contribution >= 4 is 23.5 Å². The van der Waals surface area contributed by atoms with Gasteiger partial charge in [-0.25, -0.2) is 4.57 Å². The molecule has 2 heterocycles. The molecule has 56 heavy (non-hydrogen) atoms. The van der Waals surface area contributed by atoms with Crippen molar-refractivity contribution in [2.45, 2.75) is 125 Å². The predicted molar refractivity (Wildman–Crippen MR) is 229 cm³/mol. The van der Waals surface area contributed by atoms with Crippen LogP contribution in [0.25, 0.3) is 0 Å². The van der Waals surface area contributed by atoms with Gasteiger partial charge in [0.1, 0.15) is 7.05 Å². The van der Waals surface area contributed by atoms with Crippen LogP contribution in [0.15, 0.2) is 49.1 Å². The van der Waals surface area contributed by atoms with Crippen molar-refractivity contribution in [2.24, 2.45) is 35.1 Å². The number of rotatable bonds is 26. The molecule has 320 valence electrons. The number of hydrogen-bond donors (Lipinski definition) is 0. The van der Waals surface area contributed by atoms with Crippen LogP contribution in [0.3, 0.4) is 0 Å². The summed E-state index contributed by atoms with van der Waals surface area (Å²) in [6.45, 7) is 25.4. The second kappa shape index (κ2) is 21.8. The predicted octanol–water partition coefficient (Wildman–Crippen LogP) is 8.20. The number of aromatic nitrogens is 2. The minimum absolute atomic E-state index is 0.0177. The van der Waals surface area contributed by atoms with Gasteiger partial charge in [-0.05, 0) is 76.7 Å². The normalized spacial score (nSPS) is 14.4. The Balaban J connectivity index is 2.45. The van der Waals surface area contributed by atoms with Gasteiger partial charge in [0, 0.05) is 92.1 Å². The molecule has 2 unspecified atom stereocenters. The first-order chi connectivity index (χ1) is 26.1. The summed E-state index contributed by atoms with van der Waals surface area (Å²) in [5, 5.41) is 0. The first-order valence-corrected chi connectivity index (χ1v) is 24.5. The third kappa shape index (κ3) is 13.5. The maximum Gasteiger partial charge on any atom is 0.500 e. The van der Waals surface area contributed by atoms with Crippen LogP contribution < -0.4 is 9.13 Å². The SMILES string of the molecule is CO[Si](CCCN(CCC[Si](OC)(OC)OC)C(=O)C[n+]1ccc(C(CC(C)(C)C(C)C)C(C)(C)CC(c2cc[n+](C)cc2)C(C)(C)C(C)C)cc1)(OC)OC. The van der Waals surface area contributed by atoms with Crippen molar-refractivity contribution in [3.63, 3.8) is 0 Å². The molecule has 0 fully saturated rings.